The number of aromatic carboxylic acids is 1. The van der Waals surface area contributed by atoms with Crippen molar-refractivity contribution >= 4 is 23.2 Å². The lowest BCUT2D eigenvalue weighted by molar-refractivity contribution is -0.131. The fraction of sp³-hybridized carbons (Fsp3) is 0.500. The smallest absolute Gasteiger partial charge is 0.336 e. The number of amides is 1. The van der Waals surface area contributed by atoms with Crippen molar-refractivity contribution in [3.05, 3.63) is 21.9 Å². The zero-order chi connectivity index (χ0) is 13.7. The van der Waals surface area contributed by atoms with Crippen LogP contribution >= 0.6 is 11.3 Å². The highest BCUT2D eigenvalue weighted by Crippen LogP contribution is 2.14. The largest absolute Gasteiger partial charge is 0.478 e. The molecule has 1 amide bonds. The molecule has 0 saturated carbocycles. The molecule has 1 atom stereocenters. The van der Waals surface area contributed by atoms with Crippen molar-refractivity contribution in [3.63, 3.8) is 0 Å². The molecule has 0 spiro atoms. The van der Waals surface area contributed by atoms with Crippen LogP contribution in [0.4, 0.5) is 0 Å². The summed E-state index contributed by atoms with van der Waals surface area (Å²) in [6.45, 7) is 4.90. The van der Waals surface area contributed by atoms with E-state index in [1.54, 1.807) is 30.3 Å². The molecule has 5 nitrogen and oxygen atoms in total. The van der Waals surface area contributed by atoms with E-state index in [4.69, 9.17) is 5.11 Å². The molecule has 0 radical (unpaired) electrons. The first kappa shape index (κ1) is 14.7. The van der Waals surface area contributed by atoms with Gasteiger partial charge < -0.3 is 15.3 Å². The summed E-state index contributed by atoms with van der Waals surface area (Å²) in [5, 5.41) is 13.5. The Bertz CT molecular complexity index is 431. The fourth-order valence-electron chi connectivity index (χ4n) is 1.41. The van der Waals surface area contributed by atoms with Crippen LogP contribution in [0, 0.1) is 0 Å². The summed E-state index contributed by atoms with van der Waals surface area (Å²) in [7, 11) is 1.76. The van der Waals surface area contributed by atoms with Crippen molar-refractivity contribution < 1.29 is 14.7 Å². The molecule has 0 bridgehead atoms. The fourth-order valence-corrected chi connectivity index (χ4v) is 2.22. The molecule has 1 heterocycles. The maximum absolute atomic E-state index is 11.8. The number of likely N-dealkylation sites (N-methyl/N-ethyl adjacent to an activating group) is 1. The van der Waals surface area contributed by atoms with Crippen LogP contribution < -0.4 is 5.32 Å². The quantitative estimate of drug-likeness (QED) is 0.820. The van der Waals surface area contributed by atoms with Crippen LogP contribution in [0.5, 0.6) is 0 Å². The number of rotatable bonds is 6. The van der Waals surface area contributed by atoms with Gasteiger partial charge in [0, 0.05) is 30.4 Å². The number of nitrogens with one attached hydrogen (secondary N) is 1. The minimum atomic E-state index is -0.924. The van der Waals surface area contributed by atoms with E-state index in [0.29, 0.717) is 18.7 Å². The maximum atomic E-state index is 11.8. The Balaban J connectivity index is 2.49. The summed E-state index contributed by atoms with van der Waals surface area (Å²) in [4.78, 5) is 25.1. The van der Waals surface area contributed by atoms with E-state index in [9.17, 15) is 9.59 Å². The summed E-state index contributed by atoms with van der Waals surface area (Å²) < 4.78 is 0. The van der Waals surface area contributed by atoms with Crippen molar-refractivity contribution in [2.45, 2.75) is 26.4 Å². The summed E-state index contributed by atoms with van der Waals surface area (Å²) in [6.07, 6.45) is 0. The molecule has 0 fully saturated rings. The van der Waals surface area contributed by atoms with Crippen LogP contribution in [0.1, 0.15) is 29.1 Å². The van der Waals surface area contributed by atoms with Gasteiger partial charge in [-0.3, -0.25) is 4.79 Å². The Morgan fingerprint density at radius 2 is 2.22 bits per heavy atom. The van der Waals surface area contributed by atoms with Crippen molar-refractivity contribution in [2.75, 3.05) is 13.6 Å². The average Bonchev–Trinajstić information content (AvgIpc) is 2.82. The molecule has 1 unspecified atom stereocenters. The van der Waals surface area contributed by atoms with Crippen LogP contribution in [-0.4, -0.2) is 41.5 Å². The minimum absolute atomic E-state index is 0.0347. The molecule has 0 aliphatic carbocycles. The third-order valence-corrected chi connectivity index (χ3v) is 3.64. The van der Waals surface area contributed by atoms with Crippen molar-refractivity contribution in [1.29, 1.82) is 0 Å². The SMILES string of the molecule is CCN(C)C(=O)C(C)NCc1cc(C(=O)O)cs1. The summed E-state index contributed by atoms with van der Waals surface area (Å²) in [5.41, 5.74) is 0.293. The molecule has 0 aromatic carbocycles. The number of carbonyl (C=O) groups excluding carboxylic acids is 1. The van der Waals surface area contributed by atoms with Gasteiger partial charge in [0.2, 0.25) is 5.91 Å². The zero-order valence-electron chi connectivity index (χ0n) is 10.8. The Kier molecular flexibility index (Phi) is 5.30. The molecule has 1 aromatic heterocycles. The van der Waals surface area contributed by atoms with Gasteiger partial charge in [0.15, 0.2) is 0 Å². The first-order chi connectivity index (χ1) is 8.45. The molecule has 0 aliphatic heterocycles. The summed E-state index contributed by atoms with van der Waals surface area (Å²) in [6, 6.07) is 1.35. The topological polar surface area (TPSA) is 69.6 Å². The number of thiophene rings is 1. The minimum Gasteiger partial charge on any atom is -0.478 e. The second-order valence-electron chi connectivity index (χ2n) is 4.06. The Morgan fingerprint density at radius 3 is 2.72 bits per heavy atom. The van der Waals surface area contributed by atoms with Gasteiger partial charge in [0.1, 0.15) is 0 Å². The Morgan fingerprint density at radius 1 is 1.56 bits per heavy atom. The standard InChI is InChI=1S/C12H18N2O3S/c1-4-14(3)11(15)8(2)13-6-10-5-9(7-18-10)12(16)17/h5,7-8,13H,4,6H2,1-3H3,(H,16,17). The molecule has 0 aliphatic rings. The van der Waals surface area contributed by atoms with E-state index in [1.807, 2.05) is 6.92 Å². The van der Waals surface area contributed by atoms with Gasteiger partial charge in [-0.1, -0.05) is 0 Å². The van der Waals surface area contributed by atoms with Crippen LogP contribution in [0.3, 0.4) is 0 Å². The Labute approximate surface area is 110 Å². The van der Waals surface area contributed by atoms with Crippen molar-refractivity contribution in [3.8, 4) is 0 Å². The van der Waals surface area contributed by atoms with Crippen molar-refractivity contribution in [2.24, 2.45) is 0 Å². The highest BCUT2D eigenvalue weighted by atomic mass is 32.1. The first-order valence-corrected chi connectivity index (χ1v) is 6.62. The number of nitrogens with zero attached hydrogens (tertiary/aromatic N) is 1. The number of hydrogen-bond acceptors (Lipinski definition) is 4. The van der Waals surface area contributed by atoms with Gasteiger partial charge in [-0.2, -0.15) is 0 Å². The van der Waals surface area contributed by atoms with Gasteiger partial charge in [0.25, 0.3) is 0 Å². The third kappa shape index (κ3) is 3.82. The average molecular weight is 270 g/mol. The van der Waals surface area contributed by atoms with Gasteiger partial charge in [-0.15, -0.1) is 11.3 Å². The number of carbonyl (C=O) groups is 2. The second-order valence-corrected chi connectivity index (χ2v) is 5.06. The van der Waals surface area contributed by atoms with Crippen LogP contribution in [0.25, 0.3) is 0 Å². The molecular formula is C12H18N2O3S. The van der Waals surface area contributed by atoms with E-state index in [-0.39, 0.29) is 11.9 Å². The van der Waals surface area contributed by atoms with Gasteiger partial charge in [-0.25, -0.2) is 4.79 Å². The van der Waals surface area contributed by atoms with Crippen molar-refractivity contribution in [1.82, 2.24) is 10.2 Å². The third-order valence-electron chi connectivity index (χ3n) is 2.70. The molecule has 100 valence electrons. The molecule has 18 heavy (non-hydrogen) atoms. The van der Waals surface area contributed by atoms with E-state index >= 15 is 0 Å². The van der Waals surface area contributed by atoms with Gasteiger partial charge >= 0.3 is 5.97 Å². The maximum Gasteiger partial charge on any atom is 0.336 e. The monoisotopic (exact) mass is 270 g/mol. The van der Waals surface area contributed by atoms with Crippen LogP contribution in [0.2, 0.25) is 0 Å². The van der Waals surface area contributed by atoms with Crippen LogP contribution in [-0.2, 0) is 11.3 Å². The highest BCUT2D eigenvalue weighted by molar-refractivity contribution is 7.10. The number of carboxylic acids is 1. The molecular weight excluding hydrogens is 252 g/mol. The lowest BCUT2D eigenvalue weighted by Crippen LogP contribution is -2.42. The normalized spacial score (nSPS) is 12.2. The highest BCUT2D eigenvalue weighted by Gasteiger charge is 2.16. The van der Waals surface area contributed by atoms with Gasteiger partial charge in [-0.05, 0) is 19.9 Å². The van der Waals surface area contributed by atoms with E-state index in [0.717, 1.165) is 4.88 Å². The lowest BCUT2D eigenvalue weighted by Gasteiger charge is -2.20. The molecule has 2 N–H and O–H groups in total. The lowest BCUT2D eigenvalue weighted by atomic mass is 10.2. The molecule has 0 saturated heterocycles. The second kappa shape index (κ2) is 6.51. The number of hydrogen-bond donors (Lipinski definition) is 2. The number of carboxylic acid groups (broad SMARTS) is 1. The summed E-state index contributed by atoms with van der Waals surface area (Å²) in [5.74, 6) is -0.889. The predicted molar refractivity (Wildman–Crippen MR) is 70.9 cm³/mol. The van der Waals surface area contributed by atoms with Gasteiger partial charge in [0.05, 0.1) is 11.6 Å². The van der Waals surface area contributed by atoms with E-state index in [2.05, 4.69) is 5.32 Å². The predicted octanol–water partition coefficient (Wildman–Crippen LogP) is 1.40. The summed E-state index contributed by atoms with van der Waals surface area (Å²) >= 11 is 1.38. The Hall–Kier alpha value is -1.40. The molecule has 6 heteroatoms. The molecule has 1 rings (SSSR count). The van der Waals surface area contributed by atoms with E-state index < -0.39 is 5.97 Å². The van der Waals surface area contributed by atoms with Crippen LogP contribution in [0.15, 0.2) is 11.4 Å². The molecule has 1 aromatic rings. The van der Waals surface area contributed by atoms with E-state index in [1.165, 1.54) is 11.3 Å². The zero-order valence-corrected chi connectivity index (χ0v) is 11.6. The first-order valence-electron chi connectivity index (χ1n) is 5.74.